The van der Waals surface area contributed by atoms with Gasteiger partial charge in [0.25, 0.3) is 0 Å². The molecular formula is C15H18F3N3O3. The van der Waals surface area contributed by atoms with E-state index in [1.807, 2.05) is 0 Å². The van der Waals surface area contributed by atoms with E-state index in [4.69, 9.17) is 0 Å². The Balaban J connectivity index is 1.91. The SMILES string of the molecule is CC(=O)N1CCCN(C(=O)Nc2ccc(OC(F)(F)F)cc2)CC1. The van der Waals surface area contributed by atoms with Gasteiger partial charge in [0.1, 0.15) is 5.75 Å². The lowest BCUT2D eigenvalue weighted by molar-refractivity contribution is -0.274. The lowest BCUT2D eigenvalue weighted by Crippen LogP contribution is -2.38. The normalized spacial score (nSPS) is 15.7. The zero-order chi connectivity index (χ0) is 17.7. The van der Waals surface area contributed by atoms with E-state index < -0.39 is 6.36 Å². The van der Waals surface area contributed by atoms with Crippen LogP contribution in [0.1, 0.15) is 13.3 Å². The average Bonchev–Trinajstić information content (AvgIpc) is 2.74. The molecule has 1 aromatic carbocycles. The number of carbonyl (C=O) groups is 2. The fourth-order valence-corrected chi connectivity index (χ4v) is 2.38. The first-order valence-electron chi connectivity index (χ1n) is 7.42. The topological polar surface area (TPSA) is 61.9 Å². The molecular weight excluding hydrogens is 327 g/mol. The Labute approximate surface area is 137 Å². The van der Waals surface area contributed by atoms with E-state index in [0.29, 0.717) is 38.3 Å². The Morgan fingerprint density at radius 3 is 2.21 bits per heavy atom. The number of anilines is 1. The highest BCUT2D eigenvalue weighted by Gasteiger charge is 2.31. The van der Waals surface area contributed by atoms with Gasteiger partial charge in [-0.05, 0) is 30.7 Å². The molecule has 0 spiro atoms. The molecule has 132 valence electrons. The van der Waals surface area contributed by atoms with Crippen molar-refractivity contribution in [2.45, 2.75) is 19.7 Å². The number of hydrogen-bond donors (Lipinski definition) is 1. The van der Waals surface area contributed by atoms with Gasteiger partial charge >= 0.3 is 12.4 Å². The van der Waals surface area contributed by atoms with Crippen LogP contribution < -0.4 is 10.1 Å². The first-order chi connectivity index (χ1) is 11.2. The van der Waals surface area contributed by atoms with Gasteiger partial charge in [0.2, 0.25) is 5.91 Å². The molecule has 0 atom stereocenters. The molecule has 0 radical (unpaired) electrons. The minimum atomic E-state index is -4.75. The summed E-state index contributed by atoms with van der Waals surface area (Å²) in [4.78, 5) is 26.8. The number of hydrogen-bond acceptors (Lipinski definition) is 3. The highest BCUT2D eigenvalue weighted by Crippen LogP contribution is 2.24. The summed E-state index contributed by atoms with van der Waals surface area (Å²) in [7, 11) is 0. The molecule has 1 heterocycles. The van der Waals surface area contributed by atoms with Gasteiger partial charge in [0.05, 0.1) is 0 Å². The number of urea groups is 1. The van der Waals surface area contributed by atoms with Crippen molar-refractivity contribution < 1.29 is 27.5 Å². The first-order valence-corrected chi connectivity index (χ1v) is 7.42. The van der Waals surface area contributed by atoms with Crippen molar-refractivity contribution >= 4 is 17.6 Å². The summed E-state index contributed by atoms with van der Waals surface area (Å²) in [6, 6.07) is 4.56. The minimum Gasteiger partial charge on any atom is -0.406 e. The summed E-state index contributed by atoms with van der Waals surface area (Å²) in [5.74, 6) is -0.384. The molecule has 24 heavy (non-hydrogen) atoms. The summed E-state index contributed by atoms with van der Waals surface area (Å²) in [6.45, 7) is 3.45. The second-order valence-corrected chi connectivity index (χ2v) is 5.35. The van der Waals surface area contributed by atoms with Crippen LogP contribution >= 0.6 is 0 Å². The maximum Gasteiger partial charge on any atom is 0.573 e. The Bertz CT molecular complexity index is 590. The van der Waals surface area contributed by atoms with Crippen LogP contribution in [0.15, 0.2) is 24.3 Å². The van der Waals surface area contributed by atoms with E-state index in [-0.39, 0.29) is 17.7 Å². The van der Waals surface area contributed by atoms with Gasteiger partial charge < -0.3 is 19.9 Å². The molecule has 1 aliphatic heterocycles. The molecule has 0 aliphatic carbocycles. The quantitative estimate of drug-likeness (QED) is 0.896. The van der Waals surface area contributed by atoms with Crippen molar-refractivity contribution in [3.05, 3.63) is 24.3 Å². The lowest BCUT2D eigenvalue weighted by atomic mass is 10.3. The number of amides is 3. The summed E-state index contributed by atoms with van der Waals surface area (Å²) in [6.07, 6.45) is -4.08. The van der Waals surface area contributed by atoms with Gasteiger partial charge in [-0.1, -0.05) is 0 Å². The van der Waals surface area contributed by atoms with Gasteiger partial charge in [-0.25, -0.2) is 4.79 Å². The second kappa shape index (κ2) is 7.41. The van der Waals surface area contributed by atoms with E-state index in [2.05, 4.69) is 10.1 Å². The molecule has 0 bridgehead atoms. The fourth-order valence-electron chi connectivity index (χ4n) is 2.38. The van der Waals surface area contributed by atoms with Crippen LogP contribution in [-0.2, 0) is 4.79 Å². The van der Waals surface area contributed by atoms with Gasteiger partial charge in [-0.2, -0.15) is 0 Å². The summed E-state index contributed by atoms with van der Waals surface area (Å²) in [5, 5.41) is 2.62. The van der Waals surface area contributed by atoms with Crippen LogP contribution in [0.25, 0.3) is 0 Å². The molecule has 3 amide bonds. The second-order valence-electron chi connectivity index (χ2n) is 5.35. The van der Waals surface area contributed by atoms with E-state index in [9.17, 15) is 22.8 Å². The molecule has 6 nitrogen and oxygen atoms in total. The number of nitrogens with one attached hydrogen (secondary N) is 1. The highest BCUT2D eigenvalue weighted by molar-refractivity contribution is 5.89. The van der Waals surface area contributed by atoms with Gasteiger partial charge in [0.15, 0.2) is 0 Å². The Morgan fingerprint density at radius 2 is 1.62 bits per heavy atom. The van der Waals surface area contributed by atoms with E-state index in [0.717, 1.165) is 12.1 Å². The van der Waals surface area contributed by atoms with Crippen molar-refractivity contribution in [3.8, 4) is 5.75 Å². The van der Waals surface area contributed by atoms with Crippen molar-refractivity contribution in [1.29, 1.82) is 0 Å². The van der Waals surface area contributed by atoms with Gasteiger partial charge in [0, 0.05) is 38.8 Å². The Morgan fingerprint density at radius 1 is 1.04 bits per heavy atom. The number of ether oxygens (including phenoxy) is 1. The van der Waals surface area contributed by atoms with Crippen LogP contribution in [0.3, 0.4) is 0 Å². The molecule has 0 saturated carbocycles. The number of rotatable bonds is 2. The van der Waals surface area contributed by atoms with Crippen molar-refractivity contribution in [2.75, 3.05) is 31.5 Å². The van der Waals surface area contributed by atoms with Crippen LogP contribution in [0.2, 0.25) is 0 Å². The monoisotopic (exact) mass is 345 g/mol. The zero-order valence-corrected chi connectivity index (χ0v) is 13.1. The van der Waals surface area contributed by atoms with E-state index in [1.54, 1.807) is 9.80 Å². The maximum atomic E-state index is 12.2. The number of nitrogens with zero attached hydrogens (tertiary/aromatic N) is 2. The van der Waals surface area contributed by atoms with E-state index in [1.165, 1.54) is 19.1 Å². The molecule has 2 rings (SSSR count). The number of halogens is 3. The van der Waals surface area contributed by atoms with Crippen molar-refractivity contribution in [3.63, 3.8) is 0 Å². The number of benzene rings is 1. The molecule has 0 unspecified atom stereocenters. The molecule has 1 saturated heterocycles. The maximum absolute atomic E-state index is 12.2. The summed E-state index contributed by atoms with van der Waals surface area (Å²) in [5.41, 5.74) is 0.363. The molecule has 1 fully saturated rings. The number of alkyl halides is 3. The van der Waals surface area contributed by atoms with E-state index >= 15 is 0 Å². The van der Waals surface area contributed by atoms with Gasteiger partial charge in [-0.15, -0.1) is 13.2 Å². The largest absolute Gasteiger partial charge is 0.573 e. The third kappa shape index (κ3) is 5.32. The molecule has 0 aromatic heterocycles. The third-order valence-corrected chi connectivity index (χ3v) is 3.57. The summed E-state index contributed by atoms with van der Waals surface area (Å²) < 4.78 is 40.1. The predicted octanol–water partition coefficient (Wildman–Crippen LogP) is 2.67. The number of carbonyl (C=O) groups excluding carboxylic acids is 2. The lowest BCUT2D eigenvalue weighted by Gasteiger charge is -2.21. The van der Waals surface area contributed by atoms with Gasteiger partial charge in [-0.3, -0.25) is 4.79 Å². The standard InChI is InChI=1S/C15H18F3N3O3/c1-11(22)20-7-2-8-21(10-9-20)14(23)19-12-3-5-13(6-4-12)24-15(16,17)18/h3-6H,2,7-10H2,1H3,(H,19,23). The summed E-state index contributed by atoms with van der Waals surface area (Å²) >= 11 is 0. The Kier molecular flexibility index (Phi) is 5.53. The molecule has 1 aromatic rings. The average molecular weight is 345 g/mol. The Hall–Kier alpha value is -2.45. The molecule has 1 N–H and O–H groups in total. The minimum absolute atomic E-state index is 0.0301. The van der Waals surface area contributed by atoms with Crippen molar-refractivity contribution in [2.24, 2.45) is 0 Å². The predicted molar refractivity (Wildman–Crippen MR) is 80.6 cm³/mol. The van der Waals surface area contributed by atoms with Crippen molar-refractivity contribution in [1.82, 2.24) is 9.80 Å². The molecule has 9 heteroatoms. The third-order valence-electron chi connectivity index (χ3n) is 3.57. The fraction of sp³-hybridized carbons (Fsp3) is 0.467. The molecule has 1 aliphatic rings. The van der Waals surface area contributed by atoms with Crippen LogP contribution in [0.4, 0.5) is 23.7 Å². The smallest absolute Gasteiger partial charge is 0.406 e. The highest BCUT2D eigenvalue weighted by atomic mass is 19.4. The van der Waals surface area contributed by atoms with Crippen LogP contribution in [-0.4, -0.2) is 54.3 Å². The zero-order valence-electron chi connectivity index (χ0n) is 13.1. The van der Waals surface area contributed by atoms with Crippen LogP contribution in [0.5, 0.6) is 5.75 Å². The van der Waals surface area contributed by atoms with Crippen LogP contribution in [0, 0.1) is 0 Å². The first kappa shape index (κ1) is 17.9.